The number of nitriles is 1. The molecule has 1 aromatic rings. The van der Waals surface area contributed by atoms with Gasteiger partial charge in [0, 0.05) is 6.20 Å². The molecule has 0 aliphatic heterocycles. The number of hydrogen-bond donors (Lipinski definition) is 1. The van der Waals surface area contributed by atoms with Gasteiger partial charge in [0.25, 0.3) is 0 Å². The van der Waals surface area contributed by atoms with Crippen LogP contribution < -0.4 is 5.73 Å². The molecule has 0 atom stereocenters. The van der Waals surface area contributed by atoms with Crippen LogP contribution in [0.5, 0.6) is 0 Å². The van der Waals surface area contributed by atoms with Crippen molar-refractivity contribution in [2.45, 2.75) is 6.92 Å². The molecule has 0 spiro atoms. The van der Waals surface area contributed by atoms with E-state index in [0.717, 1.165) is 0 Å². The van der Waals surface area contributed by atoms with Gasteiger partial charge < -0.3 is 5.73 Å². The van der Waals surface area contributed by atoms with Crippen LogP contribution in [-0.4, -0.2) is 4.98 Å². The van der Waals surface area contributed by atoms with Gasteiger partial charge in [-0.05, 0) is 12.5 Å². The average Bonchev–Trinajstić information content (AvgIpc) is 2.01. The van der Waals surface area contributed by atoms with Crippen LogP contribution in [0.1, 0.15) is 11.1 Å². The first-order chi connectivity index (χ1) is 5.16. The summed E-state index contributed by atoms with van der Waals surface area (Å²) in [7, 11) is 0. The number of nitrogens with two attached hydrogens (primary N) is 1. The maximum absolute atomic E-state index is 8.54. The lowest BCUT2D eigenvalue weighted by atomic mass is 10.2. The summed E-state index contributed by atoms with van der Waals surface area (Å²) in [6, 6.07) is 1.96. The molecular weight excluding hydrogens is 162 g/mol. The summed E-state index contributed by atoms with van der Waals surface area (Å²) in [5.41, 5.74) is 6.54. The molecule has 0 aliphatic carbocycles. The molecule has 0 saturated heterocycles. The number of nitrogens with zero attached hydrogens (tertiary/aromatic N) is 2. The topological polar surface area (TPSA) is 62.7 Å². The Balaban J connectivity index is 3.40. The number of aromatic nitrogens is 1. The number of halogens is 1. The number of anilines is 1. The summed E-state index contributed by atoms with van der Waals surface area (Å²) in [4.78, 5) is 3.73. The molecule has 1 rings (SSSR count). The van der Waals surface area contributed by atoms with Crippen LogP contribution in [0.2, 0.25) is 5.02 Å². The van der Waals surface area contributed by atoms with E-state index in [1.54, 1.807) is 6.92 Å². The Morgan fingerprint density at radius 3 is 2.91 bits per heavy atom. The third-order valence-corrected chi connectivity index (χ3v) is 1.89. The van der Waals surface area contributed by atoms with Crippen LogP contribution in [0, 0.1) is 18.3 Å². The Hall–Kier alpha value is -1.27. The standard InChI is InChI=1S/C7H6ClN3/c1-4-5(2-9)3-11-7(10)6(4)8/h3H,1H3,(H2,10,11). The fraction of sp³-hybridized carbons (Fsp3) is 0.143. The molecule has 0 amide bonds. The number of rotatable bonds is 0. The molecule has 0 bridgehead atoms. The lowest BCUT2D eigenvalue weighted by Gasteiger charge is -2.00. The van der Waals surface area contributed by atoms with E-state index in [0.29, 0.717) is 16.1 Å². The fourth-order valence-electron chi connectivity index (χ4n) is 0.711. The highest BCUT2D eigenvalue weighted by atomic mass is 35.5. The van der Waals surface area contributed by atoms with Gasteiger partial charge in [0.05, 0.1) is 10.6 Å². The van der Waals surface area contributed by atoms with Crippen LogP contribution in [0.15, 0.2) is 6.20 Å². The van der Waals surface area contributed by atoms with Gasteiger partial charge in [0.2, 0.25) is 0 Å². The number of pyridine rings is 1. The van der Waals surface area contributed by atoms with Crippen molar-refractivity contribution in [2.24, 2.45) is 0 Å². The quantitative estimate of drug-likeness (QED) is 0.637. The van der Waals surface area contributed by atoms with Crippen molar-refractivity contribution in [1.29, 1.82) is 5.26 Å². The van der Waals surface area contributed by atoms with E-state index in [-0.39, 0.29) is 5.82 Å². The summed E-state index contributed by atoms with van der Waals surface area (Å²) in [5, 5.41) is 8.91. The monoisotopic (exact) mass is 167 g/mol. The molecule has 1 heterocycles. The van der Waals surface area contributed by atoms with Crippen LogP contribution in [-0.2, 0) is 0 Å². The predicted molar refractivity (Wildman–Crippen MR) is 43.1 cm³/mol. The first-order valence-electron chi connectivity index (χ1n) is 2.97. The molecule has 4 heteroatoms. The molecule has 11 heavy (non-hydrogen) atoms. The molecule has 0 unspecified atom stereocenters. The molecule has 3 nitrogen and oxygen atoms in total. The predicted octanol–water partition coefficient (Wildman–Crippen LogP) is 1.50. The molecule has 0 saturated carbocycles. The fourth-order valence-corrected chi connectivity index (χ4v) is 0.861. The molecule has 0 aliphatic rings. The molecule has 0 aromatic carbocycles. The van der Waals surface area contributed by atoms with Gasteiger partial charge in [-0.15, -0.1) is 0 Å². The molecule has 0 fully saturated rings. The van der Waals surface area contributed by atoms with Crippen molar-refractivity contribution in [1.82, 2.24) is 4.98 Å². The first kappa shape index (κ1) is 7.83. The van der Waals surface area contributed by atoms with E-state index in [1.165, 1.54) is 6.20 Å². The Labute approximate surface area is 69.4 Å². The largest absolute Gasteiger partial charge is 0.382 e. The maximum Gasteiger partial charge on any atom is 0.142 e. The molecule has 2 N–H and O–H groups in total. The highest BCUT2D eigenvalue weighted by Gasteiger charge is 2.05. The zero-order valence-corrected chi connectivity index (χ0v) is 6.68. The van der Waals surface area contributed by atoms with Gasteiger partial charge in [-0.2, -0.15) is 5.26 Å². The second-order valence-corrected chi connectivity index (χ2v) is 2.49. The Morgan fingerprint density at radius 1 is 1.73 bits per heavy atom. The lowest BCUT2D eigenvalue weighted by Crippen LogP contribution is -1.95. The van der Waals surface area contributed by atoms with E-state index < -0.39 is 0 Å². The van der Waals surface area contributed by atoms with Crippen LogP contribution in [0.3, 0.4) is 0 Å². The normalized spacial score (nSPS) is 9.18. The van der Waals surface area contributed by atoms with E-state index in [1.807, 2.05) is 6.07 Å². The highest BCUT2D eigenvalue weighted by molar-refractivity contribution is 6.33. The van der Waals surface area contributed by atoms with Crippen molar-refractivity contribution >= 4 is 17.4 Å². The van der Waals surface area contributed by atoms with Crippen molar-refractivity contribution in [3.05, 3.63) is 22.3 Å². The van der Waals surface area contributed by atoms with Crippen molar-refractivity contribution in [3.63, 3.8) is 0 Å². The Morgan fingerprint density at radius 2 is 2.36 bits per heavy atom. The van der Waals surface area contributed by atoms with Crippen LogP contribution >= 0.6 is 11.6 Å². The second kappa shape index (κ2) is 2.77. The smallest absolute Gasteiger partial charge is 0.142 e. The van der Waals surface area contributed by atoms with Gasteiger partial charge in [-0.25, -0.2) is 4.98 Å². The summed E-state index contributed by atoms with van der Waals surface area (Å²) in [5.74, 6) is 0.267. The minimum absolute atomic E-state index is 0.267. The Kier molecular flexibility index (Phi) is 1.97. The van der Waals surface area contributed by atoms with E-state index in [2.05, 4.69) is 4.98 Å². The zero-order chi connectivity index (χ0) is 8.43. The molecular formula is C7H6ClN3. The van der Waals surface area contributed by atoms with E-state index in [9.17, 15) is 0 Å². The number of nitrogen functional groups attached to an aromatic ring is 1. The minimum Gasteiger partial charge on any atom is -0.382 e. The third kappa shape index (κ3) is 1.26. The third-order valence-electron chi connectivity index (χ3n) is 1.41. The lowest BCUT2D eigenvalue weighted by molar-refractivity contribution is 1.26. The van der Waals surface area contributed by atoms with E-state index in [4.69, 9.17) is 22.6 Å². The van der Waals surface area contributed by atoms with Crippen LogP contribution in [0.25, 0.3) is 0 Å². The summed E-state index contributed by atoms with van der Waals surface area (Å²) in [6.07, 6.45) is 1.41. The van der Waals surface area contributed by atoms with Gasteiger partial charge >= 0.3 is 0 Å². The maximum atomic E-state index is 8.54. The summed E-state index contributed by atoms with van der Waals surface area (Å²) in [6.45, 7) is 1.74. The zero-order valence-electron chi connectivity index (χ0n) is 5.93. The average molecular weight is 168 g/mol. The second-order valence-electron chi connectivity index (χ2n) is 2.11. The SMILES string of the molecule is Cc1c(C#N)cnc(N)c1Cl. The van der Waals surface area contributed by atoms with Crippen molar-refractivity contribution < 1.29 is 0 Å². The molecule has 56 valence electrons. The van der Waals surface area contributed by atoms with Crippen LogP contribution in [0.4, 0.5) is 5.82 Å². The van der Waals surface area contributed by atoms with Gasteiger partial charge in [-0.1, -0.05) is 11.6 Å². The summed E-state index contributed by atoms with van der Waals surface area (Å²) < 4.78 is 0. The van der Waals surface area contributed by atoms with Crippen molar-refractivity contribution in [2.75, 3.05) is 5.73 Å². The van der Waals surface area contributed by atoms with Gasteiger partial charge in [0.15, 0.2) is 0 Å². The van der Waals surface area contributed by atoms with Gasteiger partial charge in [-0.3, -0.25) is 0 Å². The van der Waals surface area contributed by atoms with E-state index >= 15 is 0 Å². The number of hydrogen-bond acceptors (Lipinski definition) is 3. The molecule has 0 radical (unpaired) electrons. The highest BCUT2D eigenvalue weighted by Crippen LogP contribution is 2.22. The van der Waals surface area contributed by atoms with Gasteiger partial charge in [0.1, 0.15) is 11.9 Å². The minimum atomic E-state index is 0.267. The summed E-state index contributed by atoms with van der Waals surface area (Å²) >= 11 is 5.72. The van der Waals surface area contributed by atoms with Crippen molar-refractivity contribution in [3.8, 4) is 6.07 Å². The Bertz CT molecular complexity index is 327. The molecule has 1 aromatic heterocycles. The first-order valence-corrected chi connectivity index (χ1v) is 3.35.